The summed E-state index contributed by atoms with van der Waals surface area (Å²) in [6.07, 6.45) is 2.86. The summed E-state index contributed by atoms with van der Waals surface area (Å²) < 4.78 is 44.2. The third-order valence-corrected chi connectivity index (χ3v) is 9.09. The summed E-state index contributed by atoms with van der Waals surface area (Å²) >= 11 is 0. The van der Waals surface area contributed by atoms with Crippen LogP contribution in [0.15, 0.2) is 71.8 Å². The number of nitrogens with one attached hydrogen (secondary N) is 1. The van der Waals surface area contributed by atoms with Gasteiger partial charge in [0.05, 0.1) is 28.1 Å². The number of rotatable bonds is 8. The number of alkyl halides is 1. The first-order valence-corrected chi connectivity index (χ1v) is 16.4. The standard InChI is InChI=1S/C32H34FN5O5S/c1-44(41,42)27-9-7-25(8-10-27)43-26-12-16-38(17-13-26)32(40)24-6-11-30(35-19-24)31(39)36-29-14-15-37(21-28(29)33)20-23-4-2-22(18-34)3-5-23/h2-11,19,26,28-29H,12-17,20-21H2,1H3,(H,36,39)/t28-,29-/m0/s1. The monoisotopic (exact) mass is 619 g/mol. The minimum Gasteiger partial charge on any atom is -0.490 e. The zero-order valence-electron chi connectivity index (χ0n) is 24.4. The molecule has 1 N–H and O–H groups in total. The summed E-state index contributed by atoms with van der Waals surface area (Å²) in [6, 6.07) is 18.0. The van der Waals surface area contributed by atoms with Crippen LogP contribution in [-0.2, 0) is 16.4 Å². The molecule has 2 amide bonds. The number of carbonyl (C=O) groups is 2. The van der Waals surface area contributed by atoms with Gasteiger partial charge in [0.25, 0.3) is 11.8 Å². The van der Waals surface area contributed by atoms with Crippen LogP contribution in [-0.4, -0.2) is 85.8 Å². The molecule has 1 aromatic heterocycles. The molecule has 2 atom stereocenters. The maximum Gasteiger partial charge on any atom is 0.270 e. The lowest BCUT2D eigenvalue weighted by Crippen LogP contribution is -2.52. The van der Waals surface area contributed by atoms with Gasteiger partial charge in [-0.3, -0.25) is 19.5 Å². The van der Waals surface area contributed by atoms with Crippen LogP contribution in [0.2, 0.25) is 0 Å². The van der Waals surface area contributed by atoms with Crippen molar-refractivity contribution in [1.82, 2.24) is 20.1 Å². The van der Waals surface area contributed by atoms with Crippen molar-refractivity contribution in [3.05, 3.63) is 89.2 Å². The third-order valence-electron chi connectivity index (χ3n) is 7.96. The quantitative estimate of drug-likeness (QED) is 0.406. The molecule has 230 valence electrons. The van der Waals surface area contributed by atoms with Crippen LogP contribution in [0, 0.1) is 11.3 Å². The largest absolute Gasteiger partial charge is 0.490 e. The average molecular weight is 620 g/mol. The van der Waals surface area contributed by atoms with Crippen LogP contribution in [0.4, 0.5) is 4.39 Å². The Balaban J connectivity index is 1.07. The predicted molar refractivity (Wildman–Crippen MR) is 161 cm³/mol. The van der Waals surface area contributed by atoms with E-state index in [9.17, 15) is 22.4 Å². The Kier molecular flexibility index (Phi) is 9.56. The second-order valence-electron chi connectivity index (χ2n) is 11.2. The Morgan fingerprint density at radius 1 is 1.02 bits per heavy atom. The van der Waals surface area contributed by atoms with Crippen LogP contribution < -0.4 is 10.1 Å². The molecule has 3 aromatic rings. The Hall–Kier alpha value is -4.34. The van der Waals surface area contributed by atoms with Gasteiger partial charge in [-0.1, -0.05) is 12.1 Å². The van der Waals surface area contributed by atoms with Gasteiger partial charge in [0.2, 0.25) is 0 Å². The first kappa shape index (κ1) is 31.1. The van der Waals surface area contributed by atoms with Gasteiger partial charge < -0.3 is 15.0 Å². The van der Waals surface area contributed by atoms with Gasteiger partial charge in [-0.05, 0) is 60.5 Å². The van der Waals surface area contributed by atoms with Crippen molar-refractivity contribution >= 4 is 21.7 Å². The molecule has 0 radical (unpaired) electrons. The molecule has 0 spiro atoms. The second-order valence-corrected chi connectivity index (χ2v) is 13.2. The molecule has 44 heavy (non-hydrogen) atoms. The normalized spacial score (nSPS) is 19.6. The molecule has 3 heterocycles. The third kappa shape index (κ3) is 7.78. The number of carbonyl (C=O) groups excluding carboxylic acids is 2. The van der Waals surface area contributed by atoms with E-state index in [2.05, 4.69) is 16.4 Å². The van der Waals surface area contributed by atoms with E-state index in [1.165, 1.54) is 24.4 Å². The molecule has 0 aliphatic carbocycles. The molecule has 12 heteroatoms. The molecule has 2 aliphatic heterocycles. The summed E-state index contributed by atoms with van der Waals surface area (Å²) in [7, 11) is -3.28. The highest BCUT2D eigenvalue weighted by Gasteiger charge is 2.31. The van der Waals surface area contributed by atoms with E-state index in [0.717, 1.165) is 11.8 Å². The zero-order chi connectivity index (χ0) is 31.3. The number of nitrogens with zero attached hydrogens (tertiary/aromatic N) is 4. The van der Waals surface area contributed by atoms with E-state index in [-0.39, 0.29) is 29.1 Å². The maximum absolute atomic E-state index is 15.0. The van der Waals surface area contributed by atoms with E-state index in [1.54, 1.807) is 35.2 Å². The Labute approximate surface area is 256 Å². The summed E-state index contributed by atoms with van der Waals surface area (Å²) in [6.45, 7) is 2.33. The van der Waals surface area contributed by atoms with Crippen molar-refractivity contribution in [2.24, 2.45) is 0 Å². The molecule has 0 bridgehead atoms. The highest BCUT2D eigenvalue weighted by atomic mass is 32.2. The van der Waals surface area contributed by atoms with Crippen molar-refractivity contribution in [1.29, 1.82) is 5.26 Å². The topological polar surface area (TPSA) is 133 Å². The number of sulfone groups is 1. The van der Waals surface area contributed by atoms with Crippen molar-refractivity contribution < 1.29 is 27.1 Å². The molecule has 5 rings (SSSR count). The number of amides is 2. The lowest BCUT2D eigenvalue weighted by molar-refractivity contribution is 0.0594. The van der Waals surface area contributed by atoms with Crippen LogP contribution in [0.1, 0.15) is 51.2 Å². The molecular weight excluding hydrogens is 585 g/mol. The van der Waals surface area contributed by atoms with Gasteiger partial charge in [-0.15, -0.1) is 0 Å². The lowest BCUT2D eigenvalue weighted by atomic mass is 10.0. The van der Waals surface area contributed by atoms with Gasteiger partial charge in [0.1, 0.15) is 23.7 Å². The fraction of sp³-hybridized carbons (Fsp3) is 0.375. The number of pyridine rings is 1. The number of ether oxygens (including phenoxy) is 1. The minimum atomic E-state index is -3.28. The van der Waals surface area contributed by atoms with Crippen LogP contribution in [0.25, 0.3) is 0 Å². The first-order chi connectivity index (χ1) is 21.1. The Bertz CT molecular complexity index is 1620. The average Bonchev–Trinajstić information content (AvgIpc) is 3.02. The fourth-order valence-corrected chi connectivity index (χ4v) is 6.06. The molecule has 10 nitrogen and oxygen atoms in total. The van der Waals surface area contributed by atoms with Crippen LogP contribution >= 0.6 is 0 Å². The van der Waals surface area contributed by atoms with Gasteiger partial charge in [-0.25, -0.2) is 12.8 Å². The number of piperidine rings is 2. The van der Waals surface area contributed by atoms with Gasteiger partial charge in [0, 0.05) is 58.0 Å². The van der Waals surface area contributed by atoms with Crippen molar-refractivity contribution in [3.63, 3.8) is 0 Å². The van der Waals surface area contributed by atoms with Gasteiger partial charge >= 0.3 is 0 Å². The van der Waals surface area contributed by atoms with E-state index in [4.69, 9.17) is 10.00 Å². The van der Waals surface area contributed by atoms with E-state index in [1.807, 2.05) is 17.0 Å². The predicted octanol–water partition coefficient (Wildman–Crippen LogP) is 3.38. The highest BCUT2D eigenvalue weighted by Crippen LogP contribution is 2.22. The summed E-state index contributed by atoms with van der Waals surface area (Å²) in [5.41, 5.74) is 2.04. The Morgan fingerprint density at radius 2 is 1.73 bits per heavy atom. The number of halogens is 1. The number of hydrogen-bond donors (Lipinski definition) is 1. The van der Waals surface area contributed by atoms with Crippen LogP contribution in [0.5, 0.6) is 5.75 Å². The summed E-state index contributed by atoms with van der Waals surface area (Å²) in [5, 5.41) is 11.7. The number of hydrogen-bond acceptors (Lipinski definition) is 8. The van der Waals surface area contributed by atoms with Crippen molar-refractivity contribution in [2.75, 3.05) is 32.4 Å². The highest BCUT2D eigenvalue weighted by molar-refractivity contribution is 7.90. The molecule has 2 aromatic carbocycles. The number of likely N-dealkylation sites (tertiary alicyclic amines) is 2. The summed E-state index contributed by atoms with van der Waals surface area (Å²) in [5.74, 6) is -0.105. The molecule has 2 aliphatic rings. The fourth-order valence-electron chi connectivity index (χ4n) is 5.43. The van der Waals surface area contributed by atoms with E-state index >= 15 is 0 Å². The van der Waals surface area contributed by atoms with E-state index < -0.39 is 28.0 Å². The molecule has 0 saturated carbocycles. The van der Waals surface area contributed by atoms with E-state index in [0.29, 0.717) is 62.3 Å². The number of aromatic nitrogens is 1. The number of nitriles is 1. The van der Waals surface area contributed by atoms with Crippen molar-refractivity contribution in [3.8, 4) is 11.8 Å². The zero-order valence-corrected chi connectivity index (χ0v) is 25.2. The van der Waals surface area contributed by atoms with Crippen LogP contribution in [0.3, 0.4) is 0 Å². The van der Waals surface area contributed by atoms with Crippen molar-refractivity contribution in [2.45, 2.75) is 49.0 Å². The molecule has 2 saturated heterocycles. The van der Waals surface area contributed by atoms with Gasteiger partial charge in [-0.2, -0.15) is 5.26 Å². The number of benzene rings is 2. The molecule has 2 fully saturated rings. The lowest BCUT2D eigenvalue weighted by Gasteiger charge is -2.35. The SMILES string of the molecule is CS(=O)(=O)c1ccc(OC2CCN(C(=O)c3ccc(C(=O)N[C@H]4CCN(Cc5ccc(C#N)cc5)C[C@@H]4F)nc3)CC2)cc1. The van der Waals surface area contributed by atoms with Gasteiger partial charge in [0.15, 0.2) is 9.84 Å². The summed E-state index contributed by atoms with van der Waals surface area (Å²) in [4.78, 5) is 34.0. The molecular formula is C32H34FN5O5S. The first-order valence-electron chi connectivity index (χ1n) is 14.5. The smallest absolute Gasteiger partial charge is 0.270 e. The Morgan fingerprint density at radius 3 is 2.32 bits per heavy atom. The molecule has 0 unspecified atom stereocenters. The maximum atomic E-state index is 15.0. The minimum absolute atomic E-state index is 0.102. The second kappa shape index (κ2) is 13.5.